The number of hydrogen-bond acceptors (Lipinski definition) is 0. The van der Waals surface area contributed by atoms with Crippen molar-refractivity contribution in [1.29, 1.82) is 0 Å². The molecule has 0 saturated heterocycles. The van der Waals surface area contributed by atoms with Crippen LogP contribution in [0.1, 0.15) is 59.2 Å². The number of para-hydroxylation sites is 3. The summed E-state index contributed by atoms with van der Waals surface area (Å²) in [5.41, 5.74) is 14.9. The molecule has 0 amide bonds. The van der Waals surface area contributed by atoms with Gasteiger partial charge >= 0.3 is 0 Å². The van der Waals surface area contributed by atoms with Crippen LogP contribution in [0.5, 0.6) is 0 Å². The predicted octanol–water partition coefficient (Wildman–Crippen LogP) is 11.1. The van der Waals surface area contributed by atoms with Crippen molar-refractivity contribution in [2.24, 2.45) is 0 Å². The van der Waals surface area contributed by atoms with Gasteiger partial charge in [0.05, 0.1) is 22.1 Å². The number of benzene rings is 5. The summed E-state index contributed by atoms with van der Waals surface area (Å²) in [5.74, 6) is 0. The van der Waals surface area contributed by atoms with Gasteiger partial charge in [-0.2, -0.15) is 0 Å². The predicted molar refractivity (Wildman–Crippen MR) is 194 cm³/mol. The highest BCUT2D eigenvalue weighted by Gasteiger charge is 2.53. The molecular weight excluding hydrogens is 555 g/mol. The van der Waals surface area contributed by atoms with Gasteiger partial charge in [-0.1, -0.05) is 160 Å². The lowest BCUT2D eigenvalue weighted by Gasteiger charge is -2.50. The van der Waals surface area contributed by atoms with Gasteiger partial charge in [0.15, 0.2) is 0 Å². The molecule has 1 spiro atoms. The second kappa shape index (κ2) is 9.80. The first kappa shape index (κ1) is 27.0. The highest BCUT2D eigenvalue weighted by atomic mass is 15.0. The van der Waals surface area contributed by atoms with E-state index in [1.54, 1.807) is 0 Å². The van der Waals surface area contributed by atoms with E-state index < -0.39 is 5.41 Å². The van der Waals surface area contributed by atoms with Crippen LogP contribution in [0.3, 0.4) is 0 Å². The topological polar surface area (TPSA) is 4.93 Å². The number of allylic oxidation sites excluding steroid dienone is 9. The van der Waals surface area contributed by atoms with Crippen LogP contribution < -0.4 is 0 Å². The number of rotatable bonds is 3. The van der Waals surface area contributed by atoms with Crippen molar-refractivity contribution in [3.8, 4) is 5.69 Å². The monoisotopic (exact) mass is 589 g/mol. The Kier molecular flexibility index (Phi) is 5.74. The first-order valence-corrected chi connectivity index (χ1v) is 16.3. The molecule has 220 valence electrons. The molecule has 0 fully saturated rings. The van der Waals surface area contributed by atoms with Crippen molar-refractivity contribution < 1.29 is 0 Å². The molecule has 0 bridgehead atoms. The second-order valence-electron chi connectivity index (χ2n) is 13.3. The zero-order chi connectivity index (χ0) is 31.0. The van der Waals surface area contributed by atoms with Crippen molar-refractivity contribution in [2.75, 3.05) is 0 Å². The number of fused-ring (bicyclic) bond motifs is 11. The van der Waals surface area contributed by atoms with Gasteiger partial charge in [-0.15, -0.1) is 0 Å². The van der Waals surface area contributed by atoms with Gasteiger partial charge in [0, 0.05) is 16.2 Å². The van der Waals surface area contributed by atoms with Gasteiger partial charge in [0.1, 0.15) is 0 Å². The van der Waals surface area contributed by atoms with E-state index in [1.807, 2.05) is 6.08 Å². The zero-order valence-corrected chi connectivity index (χ0v) is 26.3. The van der Waals surface area contributed by atoms with Crippen molar-refractivity contribution in [2.45, 2.75) is 31.1 Å². The molecule has 0 radical (unpaired) electrons. The fourth-order valence-corrected chi connectivity index (χ4v) is 8.81. The van der Waals surface area contributed by atoms with E-state index in [1.165, 1.54) is 72.0 Å². The van der Waals surface area contributed by atoms with E-state index in [0.717, 1.165) is 12.0 Å². The maximum absolute atomic E-state index is 4.33. The van der Waals surface area contributed by atoms with Crippen LogP contribution in [-0.2, 0) is 10.8 Å². The largest absolute Gasteiger partial charge is 0.309 e. The fourth-order valence-electron chi connectivity index (χ4n) is 8.81. The summed E-state index contributed by atoms with van der Waals surface area (Å²) in [6.45, 7) is 9.14. The summed E-state index contributed by atoms with van der Waals surface area (Å²) in [5, 5.41) is 2.59. The Morgan fingerprint density at radius 1 is 0.696 bits per heavy atom. The second-order valence-corrected chi connectivity index (χ2v) is 13.3. The summed E-state index contributed by atoms with van der Waals surface area (Å²) in [4.78, 5) is 0. The maximum atomic E-state index is 4.33. The fraction of sp³-hybridized carbons (Fsp3) is 0.111. The molecule has 2 heterocycles. The molecule has 2 aliphatic carbocycles. The van der Waals surface area contributed by atoms with E-state index in [4.69, 9.17) is 0 Å². The van der Waals surface area contributed by atoms with Crippen molar-refractivity contribution in [3.63, 3.8) is 0 Å². The number of hydrogen-bond donors (Lipinski definition) is 0. The lowest BCUT2D eigenvalue weighted by Crippen LogP contribution is -2.44. The average Bonchev–Trinajstić information content (AvgIpc) is 3.44. The van der Waals surface area contributed by atoms with E-state index in [0.29, 0.717) is 0 Å². The number of aromatic nitrogens is 1. The highest BCUT2D eigenvalue weighted by molar-refractivity contribution is 6.12. The molecule has 1 aromatic heterocycles. The Balaban J connectivity index is 1.45. The van der Waals surface area contributed by atoms with Gasteiger partial charge in [0.25, 0.3) is 0 Å². The van der Waals surface area contributed by atoms with Crippen molar-refractivity contribution in [1.82, 2.24) is 4.57 Å². The smallest absolute Gasteiger partial charge is 0.0748 e. The number of nitrogens with zero attached hydrogens (tertiary/aromatic N) is 1. The Labute approximate surface area is 270 Å². The third-order valence-corrected chi connectivity index (χ3v) is 10.7. The molecule has 1 unspecified atom stereocenters. The lowest BCUT2D eigenvalue weighted by molar-refractivity contribution is 0.555. The van der Waals surface area contributed by atoms with E-state index in [2.05, 4.69) is 171 Å². The summed E-state index contributed by atoms with van der Waals surface area (Å²) in [7, 11) is 0. The molecule has 1 heteroatoms. The highest BCUT2D eigenvalue weighted by Crippen LogP contribution is 2.61. The van der Waals surface area contributed by atoms with Crippen molar-refractivity contribution in [3.05, 3.63) is 203 Å². The van der Waals surface area contributed by atoms with Crippen LogP contribution in [0.2, 0.25) is 0 Å². The van der Waals surface area contributed by atoms with Gasteiger partial charge in [0.2, 0.25) is 0 Å². The Morgan fingerprint density at radius 3 is 2.22 bits per heavy atom. The van der Waals surface area contributed by atoms with Gasteiger partial charge in [-0.25, -0.2) is 0 Å². The van der Waals surface area contributed by atoms with Crippen molar-refractivity contribution >= 4 is 27.4 Å². The van der Waals surface area contributed by atoms with E-state index in [-0.39, 0.29) is 5.41 Å². The average molecular weight is 590 g/mol. The third-order valence-electron chi connectivity index (χ3n) is 10.7. The van der Waals surface area contributed by atoms with Gasteiger partial charge in [-0.3, -0.25) is 0 Å². The molecule has 1 nitrogen and oxygen atoms in total. The van der Waals surface area contributed by atoms with Crippen LogP contribution in [0.4, 0.5) is 0 Å². The summed E-state index contributed by atoms with van der Waals surface area (Å²) < 4.78 is 2.51. The van der Waals surface area contributed by atoms with Crippen LogP contribution in [0, 0.1) is 0 Å². The Bertz CT molecular complexity index is 2380. The molecule has 46 heavy (non-hydrogen) atoms. The van der Waals surface area contributed by atoms with Gasteiger partial charge in [-0.05, 0) is 68.6 Å². The lowest BCUT2D eigenvalue weighted by atomic mass is 9.52. The van der Waals surface area contributed by atoms with Crippen LogP contribution >= 0.6 is 0 Å². The molecule has 3 aliphatic rings. The Morgan fingerprint density at radius 2 is 1.39 bits per heavy atom. The molecule has 1 atom stereocenters. The first-order chi connectivity index (χ1) is 22.6. The summed E-state index contributed by atoms with van der Waals surface area (Å²) >= 11 is 0. The molecule has 0 saturated carbocycles. The van der Waals surface area contributed by atoms with Crippen LogP contribution in [0.25, 0.3) is 33.1 Å². The SMILES string of the molecule is C=C/C(=C\C=C1\C=CC=CC1)c1cccc2c1C(C)(C)c1ccccc1C21c2ccccc2-n2c3ccccc3c3cccc1c32. The summed E-state index contributed by atoms with van der Waals surface area (Å²) in [6.07, 6.45) is 16.1. The van der Waals surface area contributed by atoms with E-state index in [9.17, 15) is 0 Å². The van der Waals surface area contributed by atoms with Gasteiger partial charge < -0.3 is 4.57 Å². The molecule has 6 aromatic rings. The van der Waals surface area contributed by atoms with E-state index >= 15 is 0 Å². The molecule has 1 aliphatic heterocycles. The first-order valence-electron chi connectivity index (χ1n) is 16.3. The third kappa shape index (κ3) is 3.40. The quantitative estimate of drug-likeness (QED) is 0.181. The minimum Gasteiger partial charge on any atom is -0.309 e. The van der Waals surface area contributed by atoms with Crippen LogP contribution in [-0.4, -0.2) is 4.57 Å². The minimum atomic E-state index is -0.500. The molecular formula is C45H35N. The van der Waals surface area contributed by atoms with Crippen LogP contribution in [0.15, 0.2) is 164 Å². The standard InChI is InChI=1S/C45H35N/c1-4-31(29-28-30-16-6-5-7-17-30)32-19-14-24-38-42(32)44(2,3)35-21-9-10-22-36(35)45(38)37-23-11-13-27-41(37)46-40-26-12-8-18-33(40)34-20-15-25-39(45)43(34)46/h4-16,18-29H,1,17H2,2-3H3/b30-28-,31-29+. The normalized spacial score (nSPS) is 19.8. The molecule has 9 rings (SSSR count). The minimum absolute atomic E-state index is 0.247. The zero-order valence-electron chi connectivity index (χ0n) is 26.3. The molecule has 0 N–H and O–H groups in total. The molecule has 5 aromatic carbocycles. The maximum Gasteiger partial charge on any atom is 0.0748 e. The summed E-state index contributed by atoms with van der Waals surface area (Å²) in [6, 6.07) is 41.1. The Hall–Kier alpha value is -5.40.